The number of benzene rings is 2. The van der Waals surface area contributed by atoms with Gasteiger partial charge in [0.05, 0.1) is 5.71 Å². The molecule has 0 fully saturated rings. The molecule has 1 aliphatic heterocycles. The summed E-state index contributed by atoms with van der Waals surface area (Å²) in [7, 11) is -3.48. The van der Waals surface area contributed by atoms with Gasteiger partial charge in [0.25, 0.3) is 8.40 Å². The smallest absolute Gasteiger partial charge is 0.270 e. The maximum absolute atomic E-state index is 5.25. The van der Waals surface area contributed by atoms with Gasteiger partial charge in [-0.3, -0.25) is 4.66 Å². The van der Waals surface area contributed by atoms with Gasteiger partial charge in [0, 0.05) is 5.70 Å². The highest BCUT2D eigenvalue weighted by Gasteiger charge is 2.42. The Bertz CT molecular complexity index is 772. The number of allylic oxidation sites excluding steroid dienone is 1. The van der Waals surface area contributed by atoms with E-state index in [1.54, 1.807) is 0 Å². The van der Waals surface area contributed by atoms with Crippen LogP contribution < -0.4 is 0 Å². The van der Waals surface area contributed by atoms with Crippen LogP contribution in [0.4, 0.5) is 0 Å². The van der Waals surface area contributed by atoms with Crippen LogP contribution in [0.25, 0.3) is 5.70 Å². The van der Waals surface area contributed by atoms with Crippen molar-refractivity contribution in [3.05, 3.63) is 77.9 Å². The molecule has 0 amide bonds. The largest absolute Gasteiger partial charge is 0.407 e. The van der Waals surface area contributed by atoms with E-state index in [4.69, 9.17) is 4.66 Å². The normalized spacial score (nSPS) is 17.3. The molecule has 2 nitrogen and oxygen atoms in total. The zero-order valence-corrected chi connectivity index (χ0v) is 17.2. The Morgan fingerprint density at radius 3 is 1.79 bits per heavy atom. The standard InChI is InChI=1S/C20H26N2Si2/c1-23(2,3)22-20(18-14-10-7-11-15-18)16-19(21-24(22,4)5)17-12-8-6-9-13-17/h6-16H,1-5H3. The summed E-state index contributed by atoms with van der Waals surface area (Å²) in [6.45, 7) is 12.0. The predicted octanol–water partition coefficient (Wildman–Crippen LogP) is 5.37. The number of nitrogens with zero attached hydrogens (tertiary/aromatic N) is 2. The van der Waals surface area contributed by atoms with E-state index in [1.807, 2.05) is 0 Å². The van der Waals surface area contributed by atoms with Crippen molar-refractivity contribution in [3.8, 4) is 0 Å². The quantitative estimate of drug-likeness (QED) is 0.680. The number of hydrogen-bond donors (Lipinski definition) is 0. The summed E-state index contributed by atoms with van der Waals surface area (Å²) in [6.07, 6.45) is 2.29. The number of hydrogen-bond acceptors (Lipinski definition) is 2. The Labute approximate surface area is 147 Å². The summed E-state index contributed by atoms with van der Waals surface area (Å²) in [6, 6.07) is 21.3. The van der Waals surface area contributed by atoms with Crippen LogP contribution in [0, 0.1) is 0 Å². The van der Waals surface area contributed by atoms with Crippen LogP contribution in [-0.2, 0) is 0 Å². The first-order chi connectivity index (χ1) is 11.3. The second-order valence-electron chi connectivity index (χ2n) is 7.76. The van der Waals surface area contributed by atoms with Crippen LogP contribution in [0.5, 0.6) is 0 Å². The molecule has 0 atom stereocenters. The molecule has 124 valence electrons. The molecule has 0 radical (unpaired) electrons. The Morgan fingerprint density at radius 1 is 0.792 bits per heavy atom. The van der Waals surface area contributed by atoms with E-state index in [0.29, 0.717) is 0 Å². The van der Waals surface area contributed by atoms with Crippen LogP contribution in [0.1, 0.15) is 11.1 Å². The van der Waals surface area contributed by atoms with E-state index in [2.05, 4.69) is 104 Å². The van der Waals surface area contributed by atoms with Crippen molar-refractivity contribution in [2.24, 2.45) is 4.66 Å². The van der Waals surface area contributed by atoms with Gasteiger partial charge in [0.2, 0.25) is 0 Å². The van der Waals surface area contributed by atoms with Crippen LogP contribution in [-0.4, -0.2) is 26.6 Å². The third-order valence-electron chi connectivity index (χ3n) is 4.27. The van der Waals surface area contributed by atoms with Crippen molar-refractivity contribution in [1.82, 2.24) is 4.23 Å². The predicted molar refractivity (Wildman–Crippen MR) is 110 cm³/mol. The van der Waals surface area contributed by atoms with E-state index >= 15 is 0 Å². The molecule has 3 rings (SSSR count). The fourth-order valence-corrected chi connectivity index (χ4v) is 12.9. The lowest BCUT2D eigenvalue weighted by Gasteiger charge is -2.48. The Morgan fingerprint density at radius 2 is 1.29 bits per heavy atom. The molecule has 0 saturated carbocycles. The lowest BCUT2D eigenvalue weighted by molar-refractivity contribution is 0.846. The molecule has 0 spiro atoms. The zero-order valence-electron chi connectivity index (χ0n) is 15.2. The molecule has 0 bridgehead atoms. The van der Waals surface area contributed by atoms with Crippen molar-refractivity contribution < 1.29 is 0 Å². The SMILES string of the molecule is C[Si](C)(C)N1C(c2ccccc2)=CC(c2ccccc2)=N[Si]1(C)C. The van der Waals surface area contributed by atoms with Gasteiger partial charge in [0.15, 0.2) is 0 Å². The van der Waals surface area contributed by atoms with Crippen LogP contribution in [0.15, 0.2) is 71.4 Å². The van der Waals surface area contributed by atoms with Gasteiger partial charge in [-0.25, -0.2) is 0 Å². The highest BCUT2D eigenvalue weighted by atomic mass is 28.4. The summed E-state index contributed by atoms with van der Waals surface area (Å²) in [4.78, 5) is 0. The first-order valence-corrected chi connectivity index (χ1v) is 14.9. The van der Waals surface area contributed by atoms with Gasteiger partial charge in [-0.1, -0.05) is 80.3 Å². The fraction of sp³-hybridized carbons (Fsp3) is 0.250. The highest BCUT2D eigenvalue weighted by Crippen LogP contribution is 2.35. The molecule has 2 aromatic carbocycles. The molecule has 0 saturated heterocycles. The first-order valence-electron chi connectivity index (χ1n) is 8.52. The minimum atomic E-state index is -1.93. The first kappa shape index (κ1) is 16.9. The summed E-state index contributed by atoms with van der Waals surface area (Å²) in [5.74, 6) is 0. The van der Waals surface area contributed by atoms with Crippen molar-refractivity contribution >= 4 is 28.0 Å². The van der Waals surface area contributed by atoms with E-state index in [9.17, 15) is 0 Å². The van der Waals surface area contributed by atoms with Crippen molar-refractivity contribution in [3.63, 3.8) is 0 Å². The average Bonchev–Trinajstić information content (AvgIpc) is 2.53. The maximum atomic E-state index is 5.25. The summed E-state index contributed by atoms with van der Waals surface area (Å²) < 4.78 is 7.94. The molecule has 1 aliphatic rings. The second-order valence-corrected chi connectivity index (χ2v) is 16.7. The monoisotopic (exact) mass is 350 g/mol. The molecule has 24 heavy (non-hydrogen) atoms. The molecule has 2 aromatic rings. The molecule has 1 heterocycles. The van der Waals surface area contributed by atoms with Crippen LogP contribution >= 0.6 is 0 Å². The van der Waals surface area contributed by atoms with Gasteiger partial charge >= 0.3 is 0 Å². The topological polar surface area (TPSA) is 15.6 Å². The maximum Gasteiger partial charge on any atom is 0.270 e. The Kier molecular flexibility index (Phi) is 4.36. The van der Waals surface area contributed by atoms with Gasteiger partial charge in [-0.15, -0.1) is 0 Å². The summed E-state index contributed by atoms with van der Waals surface area (Å²) in [5.41, 5.74) is 4.98. The third kappa shape index (κ3) is 3.30. The van der Waals surface area contributed by atoms with Crippen LogP contribution in [0.3, 0.4) is 0 Å². The lowest BCUT2D eigenvalue weighted by atomic mass is 10.1. The lowest BCUT2D eigenvalue weighted by Crippen LogP contribution is -2.60. The van der Waals surface area contributed by atoms with E-state index in [1.165, 1.54) is 16.8 Å². The molecule has 0 N–H and O–H groups in total. The van der Waals surface area contributed by atoms with Crippen molar-refractivity contribution in [2.45, 2.75) is 32.7 Å². The summed E-state index contributed by atoms with van der Waals surface area (Å²) >= 11 is 0. The highest BCUT2D eigenvalue weighted by molar-refractivity contribution is 6.92. The zero-order chi connectivity index (χ0) is 17.4. The molecular weight excluding hydrogens is 324 g/mol. The fourth-order valence-electron chi connectivity index (χ4n) is 3.63. The van der Waals surface area contributed by atoms with Gasteiger partial charge in [-0.05, 0) is 30.3 Å². The van der Waals surface area contributed by atoms with Gasteiger partial charge < -0.3 is 4.23 Å². The summed E-state index contributed by atoms with van der Waals surface area (Å²) in [5, 5.41) is 0. The molecular formula is C20H26N2Si2. The molecule has 0 unspecified atom stereocenters. The Balaban J connectivity index is 2.19. The van der Waals surface area contributed by atoms with E-state index in [0.717, 1.165) is 5.71 Å². The minimum absolute atomic E-state index is 1.13. The van der Waals surface area contributed by atoms with Gasteiger partial charge in [-0.2, -0.15) is 0 Å². The van der Waals surface area contributed by atoms with Crippen molar-refractivity contribution in [1.29, 1.82) is 0 Å². The van der Waals surface area contributed by atoms with Gasteiger partial charge in [0.1, 0.15) is 8.24 Å². The third-order valence-corrected chi connectivity index (χ3v) is 11.6. The molecule has 0 aliphatic carbocycles. The Hall–Kier alpha value is -1.92. The van der Waals surface area contributed by atoms with Crippen LogP contribution in [0.2, 0.25) is 32.7 Å². The number of rotatable bonds is 3. The molecule has 4 heteroatoms. The van der Waals surface area contributed by atoms with E-state index in [-0.39, 0.29) is 0 Å². The second kappa shape index (κ2) is 6.18. The van der Waals surface area contributed by atoms with E-state index < -0.39 is 16.6 Å². The minimum Gasteiger partial charge on any atom is -0.407 e. The average molecular weight is 351 g/mol. The molecule has 0 aromatic heterocycles. The van der Waals surface area contributed by atoms with Crippen molar-refractivity contribution in [2.75, 3.05) is 0 Å².